The van der Waals surface area contributed by atoms with Gasteiger partial charge >= 0.3 is 0 Å². The lowest BCUT2D eigenvalue weighted by Crippen LogP contribution is -2.39. The average molecular weight is 296 g/mol. The van der Waals surface area contributed by atoms with Crippen LogP contribution in [-0.4, -0.2) is 38.5 Å². The lowest BCUT2D eigenvalue weighted by atomic mass is 10.3. The molecule has 1 amide bonds. The molecular formula is C14H24N4OS. The van der Waals surface area contributed by atoms with Gasteiger partial charge in [0, 0.05) is 26.7 Å². The molecule has 6 heteroatoms. The van der Waals surface area contributed by atoms with Crippen LogP contribution in [0.15, 0.2) is 22.5 Å². The second kappa shape index (κ2) is 10.3. The van der Waals surface area contributed by atoms with Gasteiger partial charge in [0.15, 0.2) is 5.96 Å². The maximum atomic E-state index is 11.7. The summed E-state index contributed by atoms with van der Waals surface area (Å²) in [5, 5.41) is 11.3. The second-order valence-electron chi connectivity index (χ2n) is 4.37. The number of nitrogens with one attached hydrogen (secondary N) is 3. The van der Waals surface area contributed by atoms with Gasteiger partial charge in [-0.1, -0.05) is 19.4 Å². The smallest absolute Gasteiger partial charge is 0.261 e. The molecule has 20 heavy (non-hydrogen) atoms. The lowest BCUT2D eigenvalue weighted by Gasteiger charge is -2.11. The summed E-state index contributed by atoms with van der Waals surface area (Å²) < 4.78 is 0. The summed E-state index contributed by atoms with van der Waals surface area (Å²) in [6.45, 7) is 4.55. The topological polar surface area (TPSA) is 65.5 Å². The van der Waals surface area contributed by atoms with E-state index < -0.39 is 0 Å². The SMILES string of the molecule is CCCCNC(=NC)NCCCNC(=O)c1cccs1. The highest BCUT2D eigenvalue weighted by Gasteiger charge is 2.04. The van der Waals surface area contributed by atoms with Crippen LogP contribution in [0.1, 0.15) is 35.9 Å². The summed E-state index contributed by atoms with van der Waals surface area (Å²) in [4.78, 5) is 16.6. The molecule has 0 saturated carbocycles. The Labute approximate surface area is 124 Å². The van der Waals surface area contributed by atoms with E-state index in [0.717, 1.165) is 36.8 Å². The number of aliphatic imine (C=N–C) groups is 1. The van der Waals surface area contributed by atoms with Crippen LogP contribution < -0.4 is 16.0 Å². The fraction of sp³-hybridized carbons (Fsp3) is 0.571. The van der Waals surface area contributed by atoms with E-state index >= 15 is 0 Å². The van der Waals surface area contributed by atoms with Crippen molar-refractivity contribution in [2.75, 3.05) is 26.7 Å². The summed E-state index contributed by atoms with van der Waals surface area (Å²) >= 11 is 1.46. The first kappa shape index (κ1) is 16.5. The van der Waals surface area contributed by atoms with Crippen LogP contribution in [0, 0.1) is 0 Å². The molecule has 0 aliphatic carbocycles. The van der Waals surface area contributed by atoms with Crippen molar-refractivity contribution in [3.05, 3.63) is 22.4 Å². The van der Waals surface area contributed by atoms with E-state index in [2.05, 4.69) is 27.9 Å². The molecule has 0 atom stereocenters. The van der Waals surface area contributed by atoms with Gasteiger partial charge < -0.3 is 16.0 Å². The first-order valence-corrected chi connectivity index (χ1v) is 7.92. The number of thiophene rings is 1. The van der Waals surface area contributed by atoms with Gasteiger partial charge in [0.1, 0.15) is 0 Å². The van der Waals surface area contributed by atoms with Gasteiger partial charge in [-0.3, -0.25) is 9.79 Å². The quantitative estimate of drug-likeness (QED) is 0.389. The zero-order valence-electron chi connectivity index (χ0n) is 12.2. The molecule has 0 unspecified atom stereocenters. The van der Waals surface area contributed by atoms with Gasteiger partial charge in [0.2, 0.25) is 0 Å². The molecule has 1 aromatic rings. The average Bonchev–Trinajstić information content (AvgIpc) is 2.99. The van der Waals surface area contributed by atoms with Crippen LogP contribution in [-0.2, 0) is 0 Å². The minimum absolute atomic E-state index is 0.00505. The maximum Gasteiger partial charge on any atom is 0.261 e. The third-order valence-electron chi connectivity index (χ3n) is 2.72. The Kier molecular flexibility index (Phi) is 8.46. The van der Waals surface area contributed by atoms with Crippen molar-refractivity contribution < 1.29 is 4.79 Å². The number of guanidine groups is 1. The van der Waals surface area contributed by atoms with Crippen molar-refractivity contribution in [1.82, 2.24) is 16.0 Å². The molecule has 0 aromatic carbocycles. The summed E-state index contributed by atoms with van der Waals surface area (Å²) in [5.74, 6) is 0.827. The fourth-order valence-corrected chi connectivity index (χ4v) is 2.24. The maximum absolute atomic E-state index is 11.7. The van der Waals surface area contributed by atoms with Gasteiger partial charge in [0.05, 0.1) is 4.88 Å². The Morgan fingerprint density at radius 2 is 1.90 bits per heavy atom. The summed E-state index contributed by atoms with van der Waals surface area (Å²) in [6.07, 6.45) is 3.17. The number of nitrogens with zero attached hydrogens (tertiary/aromatic N) is 1. The molecule has 0 saturated heterocycles. The number of carbonyl (C=O) groups excluding carboxylic acids is 1. The Bertz CT molecular complexity index is 403. The number of hydrogen-bond acceptors (Lipinski definition) is 3. The molecular weight excluding hydrogens is 272 g/mol. The summed E-state index contributed by atoms with van der Waals surface area (Å²) in [6, 6.07) is 3.71. The van der Waals surface area contributed by atoms with Crippen LogP contribution in [0.2, 0.25) is 0 Å². The highest BCUT2D eigenvalue weighted by atomic mass is 32.1. The standard InChI is InChI=1S/C14H24N4OS/c1-3-4-8-17-14(15-2)18-10-6-9-16-13(19)12-7-5-11-20-12/h5,7,11H,3-4,6,8-10H2,1-2H3,(H,16,19)(H2,15,17,18). The van der Waals surface area contributed by atoms with E-state index in [1.807, 2.05) is 17.5 Å². The van der Waals surface area contributed by atoms with Gasteiger partial charge in [-0.25, -0.2) is 0 Å². The van der Waals surface area contributed by atoms with E-state index in [1.54, 1.807) is 7.05 Å². The zero-order chi connectivity index (χ0) is 14.6. The number of rotatable bonds is 8. The van der Waals surface area contributed by atoms with E-state index in [0.29, 0.717) is 6.54 Å². The van der Waals surface area contributed by atoms with Crippen molar-refractivity contribution in [2.24, 2.45) is 4.99 Å². The van der Waals surface area contributed by atoms with E-state index in [4.69, 9.17) is 0 Å². The van der Waals surface area contributed by atoms with Gasteiger partial charge in [-0.05, 0) is 24.3 Å². The molecule has 3 N–H and O–H groups in total. The first-order chi connectivity index (χ1) is 9.77. The lowest BCUT2D eigenvalue weighted by molar-refractivity contribution is 0.0957. The molecule has 1 heterocycles. The largest absolute Gasteiger partial charge is 0.356 e. The third kappa shape index (κ3) is 6.56. The normalized spacial score (nSPS) is 11.2. The molecule has 1 aromatic heterocycles. The van der Waals surface area contributed by atoms with Gasteiger partial charge in [-0.2, -0.15) is 0 Å². The molecule has 0 aliphatic rings. The first-order valence-electron chi connectivity index (χ1n) is 7.04. The minimum atomic E-state index is 0.00505. The van der Waals surface area contributed by atoms with Crippen LogP contribution in [0.25, 0.3) is 0 Å². The van der Waals surface area contributed by atoms with E-state index in [1.165, 1.54) is 17.8 Å². The monoisotopic (exact) mass is 296 g/mol. The van der Waals surface area contributed by atoms with Crippen LogP contribution >= 0.6 is 11.3 Å². The van der Waals surface area contributed by atoms with Gasteiger partial charge in [-0.15, -0.1) is 11.3 Å². The molecule has 0 aliphatic heterocycles. The number of unbranched alkanes of at least 4 members (excludes halogenated alkanes) is 1. The van der Waals surface area contributed by atoms with Crippen molar-refractivity contribution in [3.63, 3.8) is 0 Å². The van der Waals surface area contributed by atoms with Crippen LogP contribution in [0.4, 0.5) is 0 Å². The molecule has 0 radical (unpaired) electrons. The Morgan fingerprint density at radius 1 is 1.20 bits per heavy atom. The van der Waals surface area contributed by atoms with Crippen molar-refractivity contribution in [1.29, 1.82) is 0 Å². The van der Waals surface area contributed by atoms with Crippen molar-refractivity contribution in [3.8, 4) is 0 Å². The third-order valence-corrected chi connectivity index (χ3v) is 3.59. The zero-order valence-corrected chi connectivity index (χ0v) is 13.1. The predicted octanol–water partition coefficient (Wildman–Crippen LogP) is 1.83. The van der Waals surface area contributed by atoms with Crippen molar-refractivity contribution >= 4 is 23.2 Å². The summed E-state index contributed by atoms with van der Waals surface area (Å²) in [5.41, 5.74) is 0. The molecule has 112 valence electrons. The van der Waals surface area contributed by atoms with Crippen LogP contribution in [0.3, 0.4) is 0 Å². The van der Waals surface area contributed by atoms with Crippen molar-refractivity contribution in [2.45, 2.75) is 26.2 Å². The summed E-state index contributed by atoms with van der Waals surface area (Å²) in [7, 11) is 1.76. The van der Waals surface area contributed by atoms with Crippen LogP contribution in [0.5, 0.6) is 0 Å². The van der Waals surface area contributed by atoms with Gasteiger partial charge in [0.25, 0.3) is 5.91 Å². The number of carbonyl (C=O) groups is 1. The molecule has 0 fully saturated rings. The molecule has 0 bridgehead atoms. The number of amides is 1. The number of hydrogen-bond donors (Lipinski definition) is 3. The predicted molar refractivity (Wildman–Crippen MR) is 85.5 cm³/mol. The minimum Gasteiger partial charge on any atom is -0.356 e. The Hall–Kier alpha value is -1.56. The fourth-order valence-electron chi connectivity index (χ4n) is 1.60. The second-order valence-corrected chi connectivity index (χ2v) is 5.31. The highest BCUT2D eigenvalue weighted by molar-refractivity contribution is 7.12. The molecule has 1 rings (SSSR count). The Balaban J connectivity index is 2.07. The molecule has 5 nitrogen and oxygen atoms in total. The highest BCUT2D eigenvalue weighted by Crippen LogP contribution is 2.07. The molecule has 0 spiro atoms. The van der Waals surface area contributed by atoms with E-state index in [-0.39, 0.29) is 5.91 Å². The Morgan fingerprint density at radius 3 is 2.50 bits per heavy atom. The van der Waals surface area contributed by atoms with E-state index in [9.17, 15) is 4.79 Å².